The summed E-state index contributed by atoms with van der Waals surface area (Å²) >= 11 is 0. The Hall–Kier alpha value is -1.55. The molecule has 0 aliphatic carbocycles. The molecule has 110 valence electrons. The molecule has 1 heterocycles. The second-order valence-electron chi connectivity index (χ2n) is 5.85. The Labute approximate surface area is 121 Å². The van der Waals surface area contributed by atoms with Crippen molar-refractivity contribution in [2.45, 2.75) is 38.3 Å². The van der Waals surface area contributed by atoms with Crippen LogP contribution in [0, 0.1) is 0 Å². The summed E-state index contributed by atoms with van der Waals surface area (Å²) in [7, 11) is 3.95. The van der Waals surface area contributed by atoms with Gasteiger partial charge in [0, 0.05) is 44.0 Å². The lowest BCUT2D eigenvalue weighted by Gasteiger charge is -2.28. The molecule has 0 spiro atoms. The van der Waals surface area contributed by atoms with Crippen molar-refractivity contribution >= 4 is 11.6 Å². The number of carbonyl (C=O) groups excluding carboxylic acids is 1. The molecule has 1 aromatic rings. The molecule has 4 heteroatoms. The molecule has 1 aromatic carbocycles. The lowest BCUT2D eigenvalue weighted by Crippen LogP contribution is -2.47. The van der Waals surface area contributed by atoms with Crippen LogP contribution in [0.2, 0.25) is 0 Å². The van der Waals surface area contributed by atoms with E-state index < -0.39 is 0 Å². The SMILES string of the molecule is CC1CCCC(CNC(=O)c2cccc(N(C)C)c2)N1. The zero-order chi connectivity index (χ0) is 14.5. The number of nitrogens with one attached hydrogen (secondary N) is 2. The zero-order valence-electron chi connectivity index (χ0n) is 12.6. The van der Waals surface area contributed by atoms with E-state index in [-0.39, 0.29) is 5.91 Å². The summed E-state index contributed by atoms with van der Waals surface area (Å²) in [4.78, 5) is 14.2. The van der Waals surface area contributed by atoms with Crippen molar-refractivity contribution < 1.29 is 4.79 Å². The van der Waals surface area contributed by atoms with Gasteiger partial charge in [-0.1, -0.05) is 12.5 Å². The van der Waals surface area contributed by atoms with Gasteiger partial charge in [-0.2, -0.15) is 0 Å². The van der Waals surface area contributed by atoms with Gasteiger partial charge in [-0.3, -0.25) is 4.79 Å². The summed E-state index contributed by atoms with van der Waals surface area (Å²) in [6.45, 7) is 2.91. The Morgan fingerprint density at radius 2 is 2.20 bits per heavy atom. The predicted octanol–water partition coefficient (Wildman–Crippen LogP) is 2.01. The van der Waals surface area contributed by atoms with Crippen molar-refractivity contribution in [1.82, 2.24) is 10.6 Å². The molecule has 0 aromatic heterocycles. The van der Waals surface area contributed by atoms with Crippen LogP contribution in [0.15, 0.2) is 24.3 Å². The van der Waals surface area contributed by atoms with E-state index in [9.17, 15) is 4.79 Å². The van der Waals surface area contributed by atoms with E-state index in [4.69, 9.17) is 0 Å². The van der Waals surface area contributed by atoms with Gasteiger partial charge in [0.05, 0.1) is 0 Å². The van der Waals surface area contributed by atoms with Crippen LogP contribution in [0.5, 0.6) is 0 Å². The summed E-state index contributed by atoms with van der Waals surface area (Å²) < 4.78 is 0. The minimum absolute atomic E-state index is 0.00808. The number of benzene rings is 1. The molecule has 1 saturated heterocycles. The molecular formula is C16H25N3O. The van der Waals surface area contributed by atoms with Gasteiger partial charge in [0.15, 0.2) is 0 Å². The number of hydrogen-bond donors (Lipinski definition) is 2. The fourth-order valence-electron chi connectivity index (χ4n) is 2.64. The number of carbonyl (C=O) groups is 1. The van der Waals surface area contributed by atoms with Crippen LogP contribution >= 0.6 is 0 Å². The average Bonchev–Trinajstić information content (AvgIpc) is 2.45. The summed E-state index contributed by atoms with van der Waals surface area (Å²) in [6, 6.07) is 8.67. The van der Waals surface area contributed by atoms with E-state index in [0.717, 1.165) is 17.7 Å². The van der Waals surface area contributed by atoms with Crippen LogP contribution < -0.4 is 15.5 Å². The van der Waals surface area contributed by atoms with Crippen LogP contribution in [0.3, 0.4) is 0 Å². The van der Waals surface area contributed by atoms with Crippen LogP contribution in [-0.4, -0.2) is 38.6 Å². The van der Waals surface area contributed by atoms with Crippen molar-refractivity contribution in [2.75, 3.05) is 25.5 Å². The highest BCUT2D eigenvalue weighted by molar-refractivity contribution is 5.95. The highest BCUT2D eigenvalue weighted by Gasteiger charge is 2.18. The molecule has 2 rings (SSSR count). The lowest BCUT2D eigenvalue weighted by atomic mass is 9.99. The molecule has 1 fully saturated rings. The topological polar surface area (TPSA) is 44.4 Å². The van der Waals surface area contributed by atoms with Crippen molar-refractivity contribution in [3.05, 3.63) is 29.8 Å². The third-order valence-corrected chi connectivity index (χ3v) is 3.84. The molecular weight excluding hydrogens is 250 g/mol. The predicted molar refractivity (Wildman–Crippen MR) is 83.3 cm³/mol. The maximum atomic E-state index is 12.2. The quantitative estimate of drug-likeness (QED) is 0.883. The van der Waals surface area contributed by atoms with Gasteiger partial charge in [0.1, 0.15) is 0 Å². The van der Waals surface area contributed by atoms with Gasteiger partial charge < -0.3 is 15.5 Å². The van der Waals surface area contributed by atoms with Crippen LogP contribution in [0.1, 0.15) is 36.5 Å². The Kier molecular flexibility index (Phi) is 5.01. The standard InChI is InChI=1S/C16H25N3O/c1-12-6-4-8-14(18-12)11-17-16(20)13-7-5-9-15(10-13)19(2)3/h5,7,9-10,12,14,18H,4,6,8,11H2,1-3H3,(H,17,20). The van der Waals surface area contributed by atoms with E-state index in [1.165, 1.54) is 12.8 Å². The first-order valence-corrected chi connectivity index (χ1v) is 7.38. The van der Waals surface area contributed by atoms with Gasteiger partial charge >= 0.3 is 0 Å². The van der Waals surface area contributed by atoms with Crippen molar-refractivity contribution in [3.8, 4) is 0 Å². The number of hydrogen-bond acceptors (Lipinski definition) is 3. The molecule has 0 saturated carbocycles. The molecule has 0 radical (unpaired) electrons. The molecule has 2 atom stereocenters. The summed E-state index contributed by atoms with van der Waals surface area (Å²) in [5.41, 5.74) is 1.77. The highest BCUT2D eigenvalue weighted by Crippen LogP contribution is 2.14. The van der Waals surface area contributed by atoms with E-state index >= 15 is 0 Å². The minimum atomic E-state index is 0.00808. The third-order valence-electron chi connectivity index (χ3n) is 3.84. The number of piperidine rings is 1. The molecule has 20 heavy (non-hydrogen) atoms. The zero-order valence-corrected chi connectivity index (χ0v) is 12.6. The van der Waals surface area contributed by atoms with E-state index in [2.05, 4.69) is 17.6 Å². The van der Waals surface area contributed by atoms with Crippen LogP contribution in [0.25, 0.3) is 0 Å². The molecule has 4 nitrogen and oxygen atoms in total. The second kappa shape index (κ2) is 6.75. The maximum absolute atomic E-state index is 12.2. The van der Waals surface area contributed by atoms with Gasteiger partial charge in [-0.25, -0.2) is 0 Å². The van der Waals surface area contributed by atoms with Crippen molar-refractivity contribution in [1.29, 1.82) is 0 Å². The number of anilines is 1. The Bertz CT molecular complexity index is 459. The Morgan fingerprint density at radius 3 is 2.90 bits per heavy atom. The van der Waals surface area contributed by atoms with Gasteiger partial charge in [0.2, 0.25) is 0 Å². The first-order valence-electron chi connectivity index (χ1n) is 7.38. The van der Waals surface area contributed by atoms with Crippen LogP contribution in [-0.2, 0) is 0 Å². The van der Waals surface area contributed by atoms with E-state index in [0.29, 0.717) is 18.6 Å². The first-order chi connectivity index (χ1) is 9.56. The number of rotatable bonds is 4. The fraction of sp³-hybridized carbons (Fsp3) is 0.562. The maximum Gasteiger partial charge on any atom is 0.251 e. The summed E-state index contributed by atoms with van der Waals surface area (Å²) in [5, 5.41) is 6.57. The third kappa shape index (κ3) is 3.97. The van der Waals surface area contributed by atoms with E-state index in [1.54, 1.807) is 0 Å². The summed E-state index contributed by atoms with van der Waals surface area (Å²) in [5.74, 6) is 0.00808. The first kappa shape index (κ1) is 14.9. The molecule has 1 amide bonds. The molecule has 2 unspecified atom stereocenters. The fourth-order valence-corrected chi connectivity index (χ4v) is 2.64. The summed E-state index contributed by atoms with van der Waals surface area (Å²) in [6.07, 6.45) is 3.61. The second-order valence-corrected chi connectivity index (χ2v) is 5.85. The number of nitrogens with zero attached hydrogens (tertiary/aromatic N) is 1. The average molecular weight is 275 g/mol. The molecule has 0 bridgehead atoms. The normalized spacial score (nSPS) is 22.4. The molecule has 1 aliphatic rings. The monoisotopic (exact) mass is 275 g/mol. The number of amides is 1. The lowest BCUT2D eigenvalue weighted by molar-refractivity contribution is 0.0946. The van der Waals surface area contributed by atoms with E-state index in [1.807, 2.05) is 43.3 Å². The van der Waals surface area contributed by atoms with Crippen LogP contribution in [0.4, 0.5) is 5.69 Å². The largest absolute Gasteiger partial charge is 0.378 e. The van der Waals surface area contributed by atoms with Gasteiger partial charge in [-0.15, -0.1) is 0 Å². The van der Waals surface area contributed by atoms with Gasteiger partial charge in [0.25, 0.3) is 5.91 Å². The molecule has 2 N–H and O–H groups in total. The highest BCUT2D eigenvalue weighted by atomic mass is 16.1. The molecule has 1 aliphatic heterocycles. The smallest absolute Gasteiger partial charge is 0.251 e. The minimum Gasteiger partial charge on any atom is -0.378 e. The van der Waals surface area contributed by atoms with Gasteiger partial charge in [-0.05, 0) is 38.0 Å². The Morgan fingerprint density at radius 1 is 1.40 bits per heavy atom. The van der Waals surface area contributed by atoms with Crippen molar-refractivity contribution in [2.24, 2.45) is 0 Å². The van der Waals surface area contributed by atoms with Crippen molar-refractivity contribution in [3.63, 3.8) is 0 Å². The Balaban J connectivity index is 1.89.